The first-order valence-corrected chi connectivity index (χ1v) is 6.37. The molecule has 0 spiro atoms. The Hall–Kier alpha value is -0.610. The highest BCUT2D eigenvalue weighted by molar-refractivity contribution is 5.82. The topological polar surface area (TPSA) is 44.4 Å². The molecule has 2 rings (SSSR count). The van der Waals surface area contributed by atoms with Crippen LogP contribution < -0.4 is 10.6 Å². The number of hydrogen-bond acceptors (Lipinski definition) is 3. The van der Waals surface area contributed by atoms with E-state index in [2.05, 4.69) is 29.6 Å². The van der Waals surface area contributed by atoms with E-state index in [-0.39, 0.29) is 11.9 Å². The summed E-state index contributed by atoms with van der Waals surface area (Å²) in [6.45, 7) is 0.989. The second-order valence-electron chi connectivity index (χ2n) is 5.28. The Morgan fingerprint density at radius 1 is 1.31 bits per heavy atom. The number of nitrogens with zero attached hydrogens (tertiary/aromatic N) is 1. The quantitative estimate of drug-likeness (QED) is 0.728. The number of amides is 1. The zero-order valence-corrected chi connectivity index (χ0v) is 10.3. The fourth-order valence-electron chi connectivity index (χ4n) is 2.77. The lowest BCUT2D eigenvalue weighted by Gasteiger charge is -2.20. The zero-order valence-electron chi connectivity index (χ0n) is 10.3. The second-order valence-corrected chi connectivity index (χ2v) is 5.28. The summed E-state index contributed by atoms with van der Waals surface area (Å²) in [4.78, 5) is 14.2. The van der Waals surface area contributed by atoms with Crippen LogP contribution in [0.2, 0.25) is 0 Å². The summed E-state index contributed by atoms with van der Waals surface area (Å²) in [6.07, 6.45) is 5.56. The van der Waals surface area contributed by atoms with E-state index in [0.717, 1.165) is 32.2 Å². The Labute approximate surface area is 97.8 Å². The van der Waals surface area contributed by atoms with Crippen LogP contribution in [-0.2, 0) is 4.79 Å². The van der Waals surface area contributed by atoms with E-state index in [1.807, 2.05) is 0 Å². The van der Waals surface area contributed by atoms with Crippen molar-refractivity contribution in [1.29, 1.82) is 0 Å². The van der Waals surface area contributed by atoms with Crippen LogP contribution in [0.1, 0.15) is 32.1 Å². The SMILES string of the molecule is CN(C)[C@@H]1CC[C@@H](NC(=O)[C@H]2CCCN2)C1. The van der Waals surface area contributed by atoms with E-state index < -0.39 is 0 Å². The van der Waals surface area contributed by atoms with Gasteiger partial charge >= 0.3 is 0 Å². The molecule has 0 radical (unpaired) electrons. The summed E-state index contributed by atoms with van der Waals surface area (Å²) in [5.41, 5.74) is 0. The van der Waals surface area contributed by atoms with Crippen LogP contribution in [0.3, 0.4) is 0 Å². The van der Waals surface area contributed by atoms with E-state index >= 15 is 0 Å². The predicted molar refractivity (Wildman–Crippen MR) is 64.3 cm³/mol. The van der Waals surface area contributed by atoms with Crippen LogP contribution >= 0.6 is 0 Å². The van der Waals surface area contributed by atoms with Crippen molar-refractivity contribution < 1.29 is 4.79 Å². The number of rotatable bonds is 3. The molecule has 3 atom stereocenters. The van der Waals surface area contributed by atoms with E-state index in [4.69, 9.17) is 0 Å². The van der Waals surface area contributed by atoms with Gasteiger partial charge in [-0.3, -0.25) is 4.79 Å². The van der Waals surface area contributed by atoms with Gasteiger partial charge in [0, 0.05) is 12.1 Å². The molecule has 0 aromatic heterocycles. The van der Waals surface area contributed by atoms with Crippen molar-refractivity contribution in [2.24, 2.45) is 0 Å². The Bertz CT molecular complexity index is 249. The van der Waals surface area contributed by atoms with E-state index in [0.29, 0.717) is 12.1 Å². The molecule has 2 N–H and O–H groups in total. The van der Waals surface area contributed by atoms with Gasteiger partial charge in [0.05, 0.1) is 6.04 Å². The molecular formula is C12H23N3O. The van der Waals surface area contributed by atoms with Gasteiger partial charge in [-0.25, -0.2) is 0 Å². The predicted octanol–water partition coefficient (Wildman–Crippen LogP) is 0.337. The van der Waals surface area contributed by atoms with Crippen molar-refractivity contribution in [1.82, 2.24) is 15.5 Å². The second kappa shape index (κ2) is 5.15. The lowest BCUT2D eigenvalue weighted by Crippen LogP contribution is -2.44. The normalized spacial score (nSPS) is 34.6. The van der Waals surface area contributed by atoms with Gasteiger partial charge in [-0.2, -0.15) is 0 Å². The molecule has 0 unspecified atom stereocenters. The van der Waals surface area contributed by atoms with Gasteiger partial charge in [0.15, 0.2) is 0 Å². The lowest BCUT2D eigenvalue weighted by atomic mass is 10.2. The minimum Gasteiger partial charge on any atom is -0.352 e. The van der Waals surface area contributed by atoms with Crippen molar-refractivity contribution in [3.05, 3.63) is 0 Å². The van der Waals surface area contributed by atoms with Crippen LogP contribution in [0, 0.1) is 0 Å². The molecular weight excluding hydrogens is 202 g/mol. The molecule has 1 amide bonds. The standard InChI is InChI=1S/C12H23N3O/c1-15(2)10-6-5-9(8-10)14-12(16)11-4-3-7-13-11/h9-11,13H,3-8H2,1-2H3,(H,14,16)/t9-,10-,11-/m1/s1. The van der Waals surface area contributed by atoms with E-state index in [1.54, 1.807) is 0 Å². The molecule has 1 aliphatic heterocycles. The fraction of sp³-hybridized carbons (Fsp3) is 0.917. The zero-order chi connectivity index (χ0) is 11.5. The monoisotopic (exact) mass is 225 g/mol. The molecule has 4 nitrogen and oxygen atoms in total. The highest BCUT2D eigenvalue weighted by Gasteiger charge is 2.29. The summed E-state index contributed by atoms with van der Waals surface area (Å²) < 4.78 is 0. The average Bonchev–Trinajstić information content (AvgIpc) is 2.87. The molecule has 1 saturated carbocycles. The minimum absolute atomic E-state index is 0.0680. The van der Waals surface area contributed by atoms with Crippen molar-refractivity contribution in [2.75, 3.05) is 20.6 Å². The summed E-state index contributed by atoms with van der Waals surface area (Å²) >= 11 is 0. The van der Waals surface area contributed by atoms with Crippen molar-refractivity contribution in [2.45, 2.75) is 50.2 Å². The molecule has 1 heterocycles. The highest BCUT2D eigenvalue weighted by atomic mass is 16.2. The average molecular weight is 225 g/mol. The summed E-state index contributed by atoms with van der Waals surface area (Å²) in [6, 6.07) is 1.10. The molecule has 16 heavy (non-hydrogen) atoms. The van der Waals surface area contributed by atoms with Crippen LogP contribution in [0.25, 0.3) is 0 Å². The van der Waals surface area contributed by atoms with Crippen molar-refractivity contribution in [3.8, 4) is 0 Å². The van der Waals surface area contributed by atoms with E-state index in [9.17, 15) is 4.79 Å². The highest BCUT2D eigenvalue weighted by Crippen LogP contribution is 2.22. The molecule has 0 aromatic carbocycles. The maximum Gasteiger partial charge on any atom is 0.237 e. The Balaban J connectivity index is 1.76. The summed E-state index contributed by atoms with van der Waals surface area (Å²) in [5.74, 6) is 0.210. The fourth-order valence-corrected chi connectivity index (χ4v) is 2.77. The van der Waals surface area contributed by atoms with Gasteiger partial charge in [-0.1, -0.05) is 0 Å². The summed E-state index contributed by atoms with van der Waals surface area (Å²) in [7, 11) is 4.24. The lowest BCUT2D eigenvalue weighted by molar-refractivity contribution is -0.123. The molecule has 0 bridgehead atoms. The third-order valence-electron chi connectivity index (χ3n) is 3.86. The number of carbonyl (C=O) groups excluding carboxylic acids is 1. The van der Waals surface area contributed by atoms with E-state index in [1.165, 1.54) is 6.42 Å². The van der Waals surface area contributed by atoms with Crippen molar-refractivity contribution in [3.63, 3.8) is 0 Å². The van der Waals surface area contributed by atoms with Gasteiger partial charge in [-0.05, 0) is 52.7 Å². The number of carbonyl (C=O) groups is 1. The van der Waals surface area contributed by atoms with Crippen molar-refractivity contribution >= 4 is 5.91 Å². The number of hydrogen-bond donors (Lipinski definition) is 2. The Kier molecular flexibility index (Phi) is 3.82. The molecule has 92 valence electrons. The Morgan fingerprint density at radius 3 is 2.69 bits per heavy atom. The molecule has 1 saturated heterocycles. The molecule has 2 aliphatic rings. The van der Waals surface area contributed by atoms with Crippen LogP contribution in [0.5, 0.6) is 0 Å². The molecule has 2 fully saturated rings. The first kappa shape index (κ1) is 11.9. The van der Waals surface area contributed by atoms with Crippen LogP contribution in [0.4, 0.5) is 0 Å². The summed E-state index contributed by atoms with van der Waals surface area (Å²) in [5, 5.41) is 6.42. The first-order chi connectivity index (χ1) is 7.66. The molecule has 1 aliphatic carbocycles. The Morgan fingerprint density at radius 2 is 2.12 bits per heavy atom. The van der Waals surface area contributed by atoms with Crippen LogP contribution in [-0.4, -0.2) is 49.6 Å². The third-order valence-corrected chi connectivity index (χ3v) is 3.86. The molecule has 0 aromatic rings. The van der Waals surface area contributed by atoms with Gasteiger partial charge in [0.1, 0.15) is 0 Å². The maximum absolute atomic E-state index is 11.9. The largest absolute Gasteiger partial charge is 0.352 e. The third kappa shape index (κ3) is 2.74. The van der Waals surface area contributed by atoms with Gasteiger partial charge in [-0.15, -0.1) is 0 Å². The molecule has 4 heteroatoms. The first-order valence-electron chi connectivity index (χ1n) is 6.37. The minimum atomic E-state index is 0.0680. The maximum atomic E-state index is 11.9. The van der Waals surface area contributed by atoms with Gasteiger partial charge in [0.2, 0.25) is 5.91 Å². The number of nitrogens with one attached hydrogen (secondary N) is 2. The van der Waals surface area contributed by atoms with Crippen LogP contribution in [0.15, 0.2) is 0 Å². The van der Waals surface area contributed by atoms with Gasteiger partial charge < -0.3 is 15.5 Å². The van der Waals surface area contributed by atoms with Gasteiger partial charge in [0.25, 0.3) is 0 Å². The smallest absolute Gasteiger partial charge is 0.237 e.